The maximum absolute atomic E-state index is 12.5. The lowest BCUT2D eigenvalue weighted by Crippen LogP contribution is -2.39. The van der Waals surface area contributed by atoms with Crippen molar-refractivity contribution < 1.29 is 4.79 Å². The first kappa shape index (κ1) is 15.8. The third-order valence-corrected chi connectivity index (χ3v) is 4.81. The Hall–Kier alpha value is -2.70. The molecule has 1 amide bonds. The monoisotopic (exact) mass is 338 g/mol. The minimum absolute atomic E-state index is 0.223. The Labute approximate surface area is 146 Å². The first-order valence-electron chi connectivity index (χ1n) is 8.84. The number of para-hydroxylation sites is 2. The fourth-order valence-corrected chi connectivity index (χ4v) is 3.49. The van der Waals surface area contributed by atoms with Crippen molar-refractivity contribution in [3.05, 3.63) is 42.7 Å². The Morgan fingerprint density at radius 1 is 1.32 bits per heavy atom. The first-order valence-corrected chi connectivity index (χ1v) is 8.84. The molecule has 1 fully saturated rings. The van der Waals surface area contributed by atoms with Gasteiger partial charge in [-0.25, -0.2) is 9.97 Å². The summed E-state index contributed by atoms with van der Waals surface area (Å²) in [6.45, 7) is 2.33. The number of aromatic nitrogens is 5. The number of nitrogens with zero attached hydrogens (tertiary/aromatic N) is 5. The number of amides is 1. The van der Waals surface area contributed by atoms with Gasteiger partial charge >= 0.3 is 0 Å². The van der Waals surface area contributed by atoms with Crippen LogP contribution in [0.1, 0.15) is 37.4 Å². The molecular weight excluding hydrogens is 316 g/mol. The van der Waals surface area contributed by atoms with E-state index < -0.39 is 0 Å². The van der Waals surface area contributed by atoms with E-state index in [0.717, 1.165) is 55.8 Å². The van der Waals surface area contributed by atoms with Crippen LogP contribution in [-0.4, -0.2) is 48.6 Å². The number of nitrogens with one attached hydrogen (secondary N) is 1. The summed E-state index contributed by atoms with van der Waals surface area (Å²) in [5.74, 6) is 1.52. The number of hydrogen-bond donors (Lipinski definition) is 1. The van der Waals surface area contributed by atoms with Crippen LogP contribution in [0.15, 0.2) is 36.9 Å². The van der Waals surface area contributed by atoms with Crippen LogP contribution >= 0.6 is 0 Å². The molecule has 1 aliphatic heterocycles. The summed E-state index contributed by atoms with van der Waals surface area (Å²) in [6, 6.07) is 8.07. The number of carbonyl (C=O) groups excluding carboxylic acids is 1. The first-order chi connectivity index (χ1) is 12.3. The zero-order valence-corrected chi connectivity index (χ0v) is 14.1. The van der Waals surface area contributed by atoms with Gasteiger partial charge in [-0.1, -0.05) is 12.1 Å². The zero-order valence-electron chi connectivity index (χ0n) is 14.1. The molecule has 1 N–H and O–H groups in total. The van der Waals surface area contributed by atoms with Gasteiger partial charge in [-0.3, -0.25) is 9.48 Å². The number of rotatable bonds is 5. The zero-order chi connectivity index (χ0) is 17.1. The van der Waals surface area contributed by atoms with Gasteiger partial charge in [0.15, 0.2) is 0 Å². The highest BCUT2D eigenvalue weighted by molar-refractivity contribution is 5.76. The van der Waals surface area contributed by atoms with Crippen molar-refractivity contribution in [2.75, 3.05) is 13.1 Å². The Morgan fingerprint density at radius 3 is 3.08 bits per heavy atom. The number of imidazole rings is 1. The molecular formula is C18H22N6O. The van der Waals surface area contributed by atoms with Gasteiger partial charge in [-0.15, -0.1) is 0 Å². The topological polar surface area (TPSA) is 79.7 Å². The van der Waals surface area contributed by atoms with E-state index in [-0.39, 0.29) is 5.91 Å². The molecule has 7 heteroatoms. The largest absolute Gasteiger partial charge is 0.342 e. The molecule has 0 bridgehead atoms. The Balaban J connectivity index is 1.36. The summed E-state index contributed by atoms with van der Waals surface area (Å²) in [4.78, 5) is 26.6. The molecule has 7 nitrogen and oxygen atoms in total. The maximum atomic E-state index is 12.5. The SMILES string of the molecule is O=C(CCCn1cncn1)N1CCC[C@H](c2nc3ccccc3[nH]2)C1. The number of H-pyrrole nitrogens is 1. The summed E-state index contributed by atoms with van der Waals surface area (Å²) in [6.07, 6.45) is 6.63. The van der Waals surface area contributed by atoms with Crippen molar-refractivity contribution in [3.63, 3.8) is 0 Å². The van der Waals surface area contributed by atoms with Crippen molar-refractivity contribution in [2.24, 2.45) is 0 Å². The van der Waals surface area contributed by atoms with Gasteiger partial charge < -0.3 is 9.88 Å². The van der Waals surface area contributed by atoms with Crippen LogP contribution in [0.25, 0.3) is 11.0 Å². The van der Waals surface area contributed by atoms with Gasteiger partial charge in [-0.2, -0.15) is 5.10 Å². The standard InChI is InChI=1S/C18H22N6O/c25-17(8-4-10-24-13-19-12-20-24)23-9-3-5-14(11-23)18-21-15-6-1-2-7-16(15)22-18/h1-2,6-7,12-14H,3-5,8-11H2,(H,21,22)/t14-/m0/s1. The molecule has 3 heterocycles. The fraction of sp³-hybridized carbons (Fsp3) is 0.444. The van der Waals surface area contributed by atoms with Crippen LogP contribution in [0, 0.1) is 0 Å². The second kappa shape index (κ2) is 7.04. The molecule has 1 aromatic carbocycles. The molecule has 3 aromatic rings. The van der Waals surface area contributed by atoms with Crippen molar-refractivity contribution in [1.29, 1.82) is 0 Å². The van der Waals surface area contributed by atoms with E-state index in [1.165, 1.54) is 6.33 Å². The van der Waals surface area contributed by atoms with Gasteiger partial charge in [-0.05, 0) is 31.4 Å². The highest BCUT2D eigenvalue weighted by atomic mass is 16.2. The highest BCUT2D eigenvalue weighted by Gasteiger charge is 2.26. The molecule has 1 atom stereocenters. The number of likely N-dealkylation sites (tertiary alicyclic amines) is 1. The average molecular weight is 338 g/mol. The molecule has 130 valence electrons. The number of piperidine rings is 1. The van der Waals surface area contributed by atoms with Crippen molar-refractivity contribution in [3.8, 4) is 0 Å². The van der Waals surface area contributed by atoms with Crippen molar-refractivity contribution in [2.45, 2.75) is 38.1 Å². The molecule has 0 saturated carbocycles. The number of carbonyl (C=O) groups is 1. The summed E-state index contributed by atoms with van der Waals surface area (Å²) in [5, 5.41) is 4.07. The van der Waals surface area contributed by atoms with E-state index in [0.29, 0.717) is 12.3 Å². The van der Waals surface area contributed by atoms with Gasteiger partial charge in [0.25, 0.3) is 0 Å². The van der Waals surface area contributed by atoms with Gasteiger partial charge in [0.05, 0.1) is 11.0 Å². The third-order valence-electron chi connectivity index (χ3n) is 4.81. The highest BCUT2D eigenvalue weighted by Crippen LogP contribution is 2.27. The minimum atomic E-state index is 0.223. The molecule has 0 spiro atoms. The lowest BCUT2D eigenvalue weighted by atomic mass is 9.97. The summed E-state index contributed by atoms with van der Waals surface area (Å²) < 4.78 is 1.76. The van der Waals surface area contributed by atoms with E-state index in [1.54, 1.807) is 11.0 Å². The van der Waals surface area contributed by atoms with E-state index >= 15 is 0 Å². The Bertz CT molecular complexity index is 807. The molecule has 4 rings (SSSR count). The number of aromatic amines is 1. The van der Waals surface area contributed by atoms with Crippen LogP contribution in [0.3, 0.4) is 0 Å². The summed E-state index contributed by atoms with van der Waals surface area (Å²) in [5.41, 5.74) is 2.06. The second-order valence-electron chi connectivity index (χ2n) is 6.58. The molecule has 0 aliphatic carbocycles. The summed E-state index contributed by atoms with van der Waals surface area (Å²) >= 11 is 0. The predicted octanol–water partition coefficient (Wildman–Crippen LogP) is 2.34. The van der Waals surface area contributed by atoms with Crippen LogP contribution in [-0.2, 0) is 11.3 Å². The molecule has 1 aliphatic rings. The molecule has 2 aromatic heterocycles. The van der Waals surface area contributed by atoms with Crippen LogP contribution in [0.2, 0.25) is 0 Å². The van der Waals surface area contributed by atoms with Crippen molar-refractivity contribution in [1.82, 2.24) is 29.6 Å². The number of fused-ring (bicyclic) bond motifs is 1. The molecule has 1 saturated heterocycles. The quantitative estimate of drug-likeness (QED) is 0.774. The number of benzene rings is 1. The number of aryl methyl sites for hydroxylation is 1. The van der Waals surface area contributed by atoms with E-state index in [2.05, 4.69) is 15.1 Å². The third kappa shape index (κ3) is 3.55. The molecule has 0 radical (unpaired) electrons. The lowest BCUT2D eigenvalue weighted by molar-refractivity contribution is -0.132. The Kier molecular flexibility index (Phi) is 4.45. The van der Waals surface area contributed by atoms with Crippen LogP contribution in [0.4, 0.5) is 0 Å². The van der Waals surface area contributed by atoms with E-state index in [1.807, 2.05) is 29.2 Å². The second-order valence-corrected chi connectivity index (χ2v) is 6.58. The normalized spacial score (nSPS) is 17.9. The van der Waals surface area contributed by atoms with Gasteiger partial charge in [0.2, 0.25) is 5.91 Å². The minimum Gasteiger partial charge on any atom is -0.342 e. The van der Waals surface area contributed by atoms with Crippen molar-refractivity contribution >= 4 is 16.9 Å². The smallest absolute Gasteiger partial charge is 0.222 e. The van der Waals surface area contributed by atoms with Gasteiger partial charge in [0, 0.05) is 32.0 Å². The van der Waals surface area contributed by atoms with E-state index in [4.69, 9.17) is 4.98 Å². The molecule has 0 unspecified atom stereocenters. The van der Waals surface area contributed by atoms with Crippen LogP contribution in [0.5, 0.6) is 0 Å². The molecule has 25 heavy (non-hydrogen) atoms. The predicted molar refractivity (Wildman–Crippen MR) is 93.9 cm³/mol. The van der Waals surface area contributed by atoms with Gasteiger partial charge in [0.1, 0.15) is 18.5 Å². The maximum Gasteiger partial charge on any atom is 0.222 e. The van der Waals surface area contributed by atoms with Crippen LogP contribution < -0.4 is 0 Å². The van der Waals surface area contributed by atoms with E-state index in [9.17, 15) is 4.79 Å². The average Bonchev–Trinajstić information content (AvgIpc) is 3.31. The fourth-order valence-electron chi connectivity index (χ4n) is 3.49. The Morgan fingerprint density at radius 2 is 2.24 bits per heavy atom. The number of hydrogen-bond acceptors (Lipinski definition) is 4. The lowest BCUT2D eigenvalue weighted by Gasteiger charge is -2.32. The summed E-state index contributed by atoms with van der Waals surface area (Å²) in [7, 11) is 0.